The fourth-order valence-electron chi connectivity index (χ4n) is 2.46. The first-order valence-electron chi connectivity index (χ1n) is 7.13. The predicted molar refractivity (Wildman–Crippen MR) is 82.6 cm³/mol. The maximum Gasteiger partial charge on any atom is 0.341 e. The molecule has 5 nitrogen and oxygen atoms in total. The first-order chi connectivity index (χ1) is 10.7. The highest BCUT2D eigenvalue weighted by Gasteiger charge is 2.19. The molecule has 0 aromatic heterocycles. The largest absolute Gasteiger partial charge is 0.490 e. The van der Waals surface area contributed by atoms with Crippen LogP contribution in [0.4, 0.5) is 5.69 Å². The van der Waals surface area contributed by atoms with E-state index >= 15 is 0 Å². The molecule has 0 aliphatic carbocycles. The van der Waals surface area contributed by atoms with E-state index in [0.717, 1.165) is 24.5 Å². The van der Waals surface area contributed by atoms with E-state index < -0.39 is 5.97 Å². The smallest absolute Gasteiger partial charge is 0.341 e. The molecule has 0 radical (unpaired) electrons. The molecular weight excluding hydrogens is 282 g/mol. The lowest BCUT2D eigenvalue weighted by atomic mass is 10.1. The summed E-state index contributed by atoms with van der Waals surface area (Å²) < 4.78 is 10.9. The molecule has 5 heteroatoms. The van der Waals surface area contributed by atoms with E-state index in [2.05, 4.69) is 17.0 Å². The number of benzene rings is 2. The van der Waals surface area contributed by atoms with Gasteiger partial charge in [-0.15, -0.1) is 0 Å². The predicted octanol–water partition coefficient (Wildman–Crippen LogP) is 2.55. The van der Waals surface area contributed by atoms with E-state index in [0.29, 0.717) is 12.4 Å². The number of hydrogen-bond donors (Lipinski definition) is 1. The molecule has 0 bridgehead atoms. The van der Waals surface area contributed by atoms with Crippen molar-refractivity contribution in [2.75, 3.05) is 24.7 Å². The van der Waals surface area contributed by atoms with Crippen LogP contribution in [-0.4, -0.2) is 30.8 Å². The number of carboxylic acid groups (broad SMARTS) is 1. The molecule has 0 atom stereocenters. The van der Waals surface area contributed by atoms with Crippen LogP contribution in [0.5, 0.6) is 11.5 Å². The molecule has 0 amide bonds. The fourth-order valence-corrected chi connectivity index (χ4v) is 2.46. The van der Waals surface area contributed by atoms with Gasteiger partial charge in [0.2, 0.25) is 0 Å². The molecule has 0 fully saturated rings. The Bertz CT molecular complexity index is 657. The highest BCUT2D eigenvalue weighted by Crippen LogP contribution is 2.35. The van der Waals surface area contributed by atoms with Crippen LogP contribution in [0.15, 0.2) is 48.5 Å². The molecule has 2 aromatic carbocycles. The molecule has 0 spiro atoms. The van der Waals surface area contributed by atoms with E-state index in [9.17, 15) is 4.79 Å². The molecule has 114 valence electrons. The number of anilines is 1. The monoisotopic (exact) mass is 299 g/mol. The first kappa shape index (κ1) is 14.3. The third kappa shape index (κ3) is 3.31. The molecule has 0 unspecified atom stereocenters. The number of hydrogen-bond acceptors (Lipinski definition) is 4. The number of nitrogens with zero attached hydrogens (tertiary/aromatic N) is 1. The summed E-state index contributed by atoms with van der Waals surface area (Å²) in [5.41, 5.74) is 2.14. The Morgan fingerprint density at radius 3 is 2.82 bits per heavy atom. The van der Waals surface area contributed by atoms with Gasteiger partial charge >= 0.3 is 5.97 Å². The summed E-state index contributed by atoms with van der Waals surface area (Å²) in [6.45, 7) is 1.84. The van der Waals surface area contributed by atoms with Crippen LogP contribution >= 0.6 is 0 Å². The van der Waals surface area contributed by atoms with Gasteiger partial charge in [-0.2, -0.15) is 0 Å². The topological polar surface area (TPSA) is 59.0 Å². The van der Waals surface area contributed by atoms with Crippen LogP contribution in [-0.2, 0) is 11.3 Å². The number of rotatable bonds is 5. The van der Waals surface area contributed by atoms with Crippen molar-refractivity contribution in [2.24, 2.45) is 0 Å². The van der Waals surface area contributed by atoms with Crippen molar-refractivity contribution in [1.82, 2.24) is 0 Å². The average molecular weight is 299 g/mol. The second-order valence-electron chi connectivity index (χ2n) is 5.07. The average Bonchev–Trinajstić information content (AvgIpc) is 2.54. The van der Waals surface area contributed by atoms with Crippen LogP contribution in [0.25, 0.3) is 0 Å². The van der Waals surface area contributed by atoms with E-state index in [1.165, 1.54) is 5.56 Å². The van der Waals surface area contributed by atoms with Crippen molar-refractivity contribution < 1.29 is 19.4 Å². The molecular formula is C17H17NO4. The van der Waals surface area contributed by atoms with E-state index in [1.807, 2.05) is 30.3 Å². The number of carbonyl (C=O) groups is 1. The normalized spacial score (nSPS) is 13.2. The minimum atomic E-state index is -0.991. The van der Waals surface area contributed by atoms with Crippen molar-refractivity contribution >= 4 is 11.7 Å². The number of aliphatic carboxylic acids is 1. The Hall–Kier alpha value is -2.69. The Balaban J connectivity index is 1.81. The second kappa shape index (κ2) is 6.39. The maximum atomic E-state index is 10.6. The summed E-state index contributed by atoms with van der Waals surface area (Å²) in [5, 5.41) is 8.70. The third-order valence-electron chi connectivity index (χ3n) is 3.47. The van der Waals surface area contributed by atoms with Gasteiger partial charge in [0.05, 0.1) is 12.2 Å². The summed E-state index contributed by atoms with van der Waals surface area (Å²) in [5.74, 6) is 0.338. The van der Waals surface area contributed by atoms with Gasteiger partial charge in [0.15, 0.2) is 6.61 Å². The van der Waals surface area contributed by atoms with E-state index in [-0.39, 0.29) is 6.61 Å². The molecule has 1 N–H and O–H groups in total. The molecule has 0 saturated heterocycles. The molecule has 1 aliphatic heterocycles. The minimum Gasteiger partial charge on any atom is -0.490 e. The summed E-state index contributed by atoms with van der Waals surface area (Å²) in [7, 11) is 0. The van der Waals surface area contributed by atoms with Gasteiger partial charge in [-0.25, -0.2) is 4.79 Å². The number of ether oxygens (including phenoxy) is 2. The minimum absolute atomic E-state index is 0.349. The summed E-state index contributed by atoms with van der Waals surface area (Å²) in [4.78, 5) is 12.8. The van der Waals surface area contributed by atoms with Gasteiger partial charge in [0, 0.05) is 12.6 Å². The van der Waals surface area contributed by atoms with Gasteiger partial charge in [-0.05, 0) is 17.7 Å². The van der Waals surface area contributed by atoms with Gasteiger partial charge in [-0.3, -0.25) is 0 Å². The Labute approximate surface area is 128 Å². The van der Waals surface area contributed by atoms with E-state index in [4.69, 9.17) is 14.6 Å². The van der Waals surface area contributed by atoms with Crippen LogP contribution in [0.1, 0.15) is 5.56 Å². The lowest BCUT2D eigenvalue weighted by molar-refractivity contribution is -0.139. The first-order valence-corrected chi connectivity index (χ1v) is 7.13. The van der Waals surface area contributed by atoms with Gasteiger partial charge in [0.25, 0.3) is 0 Å². The quantitative estimate of drug-likeness (QED) is 0.919. The van der Waals surface area contributed by atoms with Gasteiger partial charge in [-0.1, -0.05) is 30.3 Å². The maximum absolute atomic E-state index is 10.6. The zero-order valence-corrected chi connectivity index (χ0v) is 12.1. The zero-order valence-electron chi connectivity index (χ0n) is 12.1. The van der Waals surface area contributed by atoms with Crippen LogP contribution in [0.3, 0.4) is 0 Å². The Morgan fingerprint density at radius 2 is 2.05 bits per heavy atom. The lowest BCUT2D eigenvalue weighted by Gasteiger charge is -2.31. The van der Waals surface area contributed by atoms with E-state index in [1.54, 1.807) is 6.07 Å². The molecule has 0 saturated carbocycles. The molecule has 3 rings (SSSR count). The fraction of sp³-hybridized carbons (Fsp3) is 0.235. The summed E-state index contributed by atoms with van der Waals surface area (Å²) in [6, 6.07) is 15.6. The highest BCUT2D eigenvalue weighted by molar-refractivity contribution is 5.69. The van der Waals surface area contributed by atoms with Crippen LogP contribution in [0, 0.1) is 0 Å². The molecule has 1 heterocycles. The van der Waals surface area contributed by atoms with Crippen molar-refractivity contribution in [2.45, 2.75) is 6.54 Å². The molecule has 1 aliphatic rings. The standard InChI is InChI=1S/C17H17NO4/c19-17(20)12-22-14-6-7-16-15(10-14)18(8-9-21-16)11-13-4-2-1-3-5-13/h1-7,10H,8-9,11-12H2,(H,19,20). The Morgan fingerprint density at radius 1 is 1.23 bits per heavy atom. The van der Waals surface area contributed by atoms with Crippen molar-refractivity contribution in [3.63, 3.8) is 0 Å². The van der Waals surface area contributed by atoms with Gasteiger partial charge in [0.1, 0.15) is 18.1 Å². The number of carboxylic acids is 1. The zero-order chi connectivity index (χ0) is 15.4. The summed E-state index contributed by atoms with van der Waals surface area (Å²) >= 11 is 0. The van der Waals surface area contributed by atoms with Crippen molar-refractivity contribution in [3.05, 3.63) is 54.1 Å². The molecule has 2 aromatic rings. The summed E-state index contributed by atoms with van der Waals surface area (Å²) in [6.07, 6.45) is 0. The van der Waals surface area contributed by atoms with Crippen LogP contribution in [0.2, 0.25) is 0 Å². The van der Waals surface area contributed by atoms with Crippen molar-refractivity contribution in [1.29, 1.82) is 0 Å². The molecule has 22 heavy (non-hydrogen) atoms. The van der Waals surface area contributed by atoms with Crippen LogP contribution < -0.4 is 14.4 Å². The van der Waals surface area contributed by atoms with Crippen molar-refractivity contribution in [3.8, 4) is 11.5 Å². The van der Waals surface area contributed by atoms with Gasteiger partial charge < -0.3 is 19.5 Å². The number of fused-ring (bicyclic) bond motifs is 1. The Kier molecular flexibility index (Phi) is 4.14. The highest BCUT2D eigenvalue weighted by atomic mass is 16.5. The SMILES string of the molecule is O=C(O)COc1ccc2c(c1)N(Cc1ccccc1)CCO2. The second-order valence-corrected chi connectivity index (χ2v) is 5.07. The third-order valence-corrected chi connectivity index (χ3v) is 3.47. The lowest BCUT2D eigenvalue weighted by Crippen LogP contribution is -2.32.